The van der Waals surface area contributed by atoms with Gasteiger partial charge in [0.2, 0.25) is 5.91 Å². The molecular weight excluding hydrogens is 352 g/mol. The first kappa shape index (κ1) is 20.1. The van der Waals surface area contributed by atoms with Gasteiger partial charge in [-0.3, -0.25) is 10.1 Å². The zero-order chi connectivity index (χ0) is 20.5. The molecule has 148 valence electrons. The minimum Gasteiger partial charge on any atom is -0.452 e. The number of esters is 1. The van der Waals surface area contributed by atoms with Gasteiger partial charge in [-0.2, -0.15) is 0 Å². The van der Waals surface area contributed by atoms with Crippen molar-refractivity contribution in [1.29, 1.82) is 0 Å². The molecule has 0 saturated carbocycles. The van der Waals surface area contributed by atoms with Crippen molar-refractivity contribution in [3.05, 3.63) is 71.3 Å². The SMILES string of the molecule is Cc1ccccc1C(OC(=O)c1ccccc1)C1NC(C(C)(C)C)N(C)C1=O. The van der Waals surface area contributed by atoms with Crippen LogP contribution in [0.4, 0.5) is 0 Å². The summed E-state index contributed by atoms with van der Waals surface area (Å²) >= 11 is 0. The van der Waals surface area contributed by atoms with E-state index >= 15 is 0 Å². The quantitative estimate of drug-likeness (QED) is 0.822. The van der Waals surface area contributed by atoms with Crippen molar-refractivity contribution in [2.24, 2.45) is 5.41 Å². The molecular formula is C23H28N2O3. The van der Waals surface area contributed by atoms with E-state index in [1.54, 1.807) is 36.2 Å². The highest BCUT2D eigenvalue weighted by Crippen LogP contribution is 2.34. The number of likely N-dealkylation sites (N-methyl/N-ethyl adjacent to an activating group) is 1. The minimum absolute atomic E-state index is 0.0750. The zero-order valence-electron chi connectivity index (χ0n) is 17.1. The number of hydrogen-bond acceptors (Lipinski definition) is 4. The van der Waals surface area contributed by atoms with E-state index in [9.17, 15) is 9.59 Å². The highest BCUT2D eigenvalue weighted by molar-refractivity contribution is 5.90. The van der Waals surface area contributed by atoms with Crippen molar-refractivity contribution in [1.82, 2.24) is 10.2 Å². The van der Waals surface area contributed by atoms with Gasteiger partial charge in [0.1, 0.15) is 6.04 Å². The predicted octanol–water partition coefficient (Wildman–Crippen LogP) is 3.70. The molecule has 1 saturated heterocycles. The fourth-order valence-corrected chi connectivity index (χ4v) is 3.72. The van der Waals surface area contributed by atoms with Gasteiger partial charge in [-0.05, 0) is 35.6 Å². The summed E-state index contributed by atoms with van der Waals surface area (Å²) in [4.78, 5) is 27.6. The van der Waals surface area contributed by atoms with Crippen molar-refractivity contribution in [2.75, 3.05) is 7.05 Å². The van der Waals surface area contributed by atoms with Crippen LogP contribution in [0.15, 0.2) is 54.6 Å². The maximum absolute atomic E-state index is 13.1. The zero-order valence-corrected chi connectivity index (χ0v) is 17.1. The Balaban J connectivity index is 1.97. The summed E-state index contributed by atoms with van der Waals surface area (Å²) in [5.74, 6) is -0.514. The van der Waals surface area contributed by atoms with Crippen LogP contribution in [0.3, 0.4) is 0 Å². The fourth-order valence-electron chi connectivity index (χ4n) is 3.72. The number of benzene rings is 2. The molecule has 1 N–H and O–H groups in total. The summed E-state index contributed by atoms with van der Waals surface area (Å²) in [6, 6.07) is 15.9. The van der Waals surface area contributed by atoms with Crippen LogP contribution >= 0.6 is 0 Å². The number of carbonyl (C=O) groups excluding carboxylic acids is 2. The molecule has 2 aromatic carbocycles. The molecule has 1 fully saturated rings. The van der Waals surface area contributed by atoms with Gasteiger partial charge in [0, 0.05) is 7.05 Å². The van der Waals surface area contributed by atoms with E-state index in [2.05, 4.69) is 26.1 Å². The lowest BCUT2D eigenvalue weighted by atomic mass is 9.92. The van der Waals surface area contributed by atoms with E-state index in [4.69, 9.17) is 4.74 Å². The summed E-state index contributed by atoms with van der Waals surface area (Å²) in [5, 5.41) is 3.41. The topological polar surface area (TPSA) is 58.6 Å². The Hall–Kier alpha value is -2.66. The van der Waals surface area contributed by atoms with Crippen molar-refractivity contribution < 1.29 is 14.3 Å². The van der Waals surface area contributed by atoms with E-state index in [1.807, 2.05) is 37.3 Å². The van der Waals surface area contributed by atoms with Gasteiger partial charge in [0.15, 0.2) is 6.10 Å². The molecule has 0 spiro atoms. The van der Waals surface area contributed by atoms with E-state index in [1.165, 1.54) is 0 Å². The molecule has 5 nitrogen and oxygen atoms in total. The standard InChI is InChI=1S/C23H28N2O3/c1-15-11-9-10-14-17(15)19(28-21(27)16-12-7-6-8-13-16)18-20(26)25(5)22(24-18)23(2,3)4/h6-14,18-19,22,24H,1-5H3. The van der Waals surface area contributed by atoms with Crippen molar-refractivity contribution in [2.45, 2.75) is 46.0 Å². The van der Waals surface area contributed by atoms with Gasteiger partial charge in [-0.1, -0.05) is 63.2 Å². The first-order chi connectivity index (χ1) is 13.2. The van der Waals surface area contributed by atoms with Gasteiger partial charge in [-0.15, -0.1) is 0 Å². The average Bonchev–Trinajstić information content (AvgIpc) is 2.96. The van der Waals surface area contributed by atoms with Gasteiger partial charge in [0.25, 0.3) is 0 Å². The number of rotatable bonds is 4. The third kappa shape index (κ3) is 3.94. The Morgan fingerprint density at radius 3 is 2.25 bits per heavy atom. The molecule has 1 aliphatic rings. The van der Waals surface area contributed by atoms with Gasteiger partial charge < -0.3 is 9.64 Å². The summed E-state index contributed by atoms with van der Waals surface area (Å²) in [6.45, 7) is 8.20. The predicted molar refractivity (Wildman–Crippen MR) is 109 cm³/mol. The number of nitrogens with one attached hydrogen (secondary N) is 1. The normalized spacial score (nSPS) is 20.9. The lowest BCUT2D eigenvalue weighted by Gasteiger charge is -2.32. The lowest BCUT2D eigenvalue weighted by Crippen LogP contribution is -2.46. The van der Waals surface area contributed by atoms with E-state index in [-0.39, 0.29) is 17.5 Å². The number of aryl methyl sites for hydroxylation is 1. The van der Waals surface area contributed by atoms with Crippen LogP contribution < -0.4 is 5.32 Å². The highest BCUT2D eigenvalue weighted by atomic mass is 16.5. The Bertz CT molecular complexity index is 858. The molecule has 0 radical (unpaired) electrons. The van der Waals surface area contributed by atoms with Crippen molar-refractivity contribution >= 4 is 11.9 Å². The van der Waals surface area contributed by atoms with Crippen LogP contribution in [0.25, 0.3) is 0 Å². The summed E-state index contributed by atoms with van der Waals surface area (Å²) in [6.07, 6.45) is -0.858. The van der Waals surface area contributed by atoms with E-state index < -0.39 is 18.1 Å². The van der Waals surface area contributed by atoms with Crippen LogP contribution in [0, 0.1) is 12.3 Å². The van der Waals surface area contributed by atoms with Crippen molar-refractivity contribution in [3.63, 3.8) is 0 Å². The van der Waals surface area contributed by atoms with Crippen LogP contribution in [0.1, 0.15) is 48.4 Å². The number of nitrogens with zero attached hydrogens (tertiary/aromatic N) is 1. The number of amides is 1. The first-order valence-corrected chi connectivity index (χ1v) is 9.54. The second kappa shape index (κ2) is 7.76. The van der Waals surface area contributed by atoms with Crippen LogP contribution in [-0.4, -0.2) is 36.0 Å². The molecule has 0 bridgehead atoms. The van der Waals surface area contributed by atoms with E-state index in [0.717, 1.165) is 11.1 Å². The van der Waals surface area contributed by atoms with Crippen LogP contribution in [0.5, 0.6) is 0 Å². The van der Waals surface area contributed by atoms with Crippen molar-refractivity contribution in [3.8, 4) is 0 Å². The van der Waals surface area contributed by atoms with Gasteiger partial charge >= 0.3 is 5.97 Å². The molecule has 3 unspecified atom stereocenters. The molecule has 0 aliphatic carbocycles. The molecule has 28 heavy (non-hydrogen) atoms. The highest BCUT2D eigenvalue weighted by Gasteiger charge is 2.47. The number of ether oxygens (including phenoxy) is 1. The Morgan fingerprint density at radius 2 is 1.68 bits per heavy atom. The average molecular weight is 380 g/mol. The smallest absolute Gasteiger partial charge is 0.338 e. The van der Waals surface area contributed by atoms with Crippen LogP contribution in [-0.2, 0) is 9.53 Å². The molecule has 3 atom stereocenters. The number of hydrogen-bond donors (Lipinski definition) is 1. The van der Waals surface area contributed by atoms with E-state index in [0.29, 0.717) is 5.56 Å². The second-order valence-corrected chi connectivity index (χ2v) is 8.41. The molecule has 5 heteroatoms. The monoisotopic (exact) mass is 380 g/mol. The van der Waals surface area contributed by atoms with Crippen LogP contribution in [0.2, 0.25) is 0 Å². The Morgan fingerprint density at radius 1 is 1.07 bits per heavy atom. The molecule has 1 heterocycles. The maximum atomic E-state index is 13.1. The van der Waals surface area contributed by atoms with Gasteiger partial charge in [0.05, 0.1) is 11.7 Å². The summed E-state index contributed by atoms with van der Waals surface area (Å²) in [7, 11) is 1.79. The molecule has 1 amide bonds. The number of carbonyl (C=O) groups is 2. The molecule has 3 rings (SSSR count). The first-order valence-electron chi connectivity index (χ1n) is 9.54. The molecule has 0 aromatic heterocycles. The Labute approximate surface area is 166 Å². The second-order valence-electron chi connectivity index (χ2n) is 8.41. The summed E-state index contributed by atoms with van der Waals surface area (Å²) in [5.41, 5.74) is 2.12. The third-order valence-electron chi connectivity index (χ3n) is 5.20. The molecule has 1 aliphatic heterocycles. The third-order valence-corrected chi connectivity index (χ3v) is 5.20. The summed E-state index contributed by atoms with van der Waals surface area (Å²) < 4.78 is 5.92. The minimum atomic E-state index is -0.712. The molecule has 2 aromatic rings. The Kier molecular flexibility index (Phi) is 5.57. The largest absolute Gasteiger partial charge is 0.452 e. The maximum Gasteiger partial charge on any atom is 0.338 e. The lowest BCUT2D eigenvalue weighted by molar-refractivity contribution is -0.131. The van der Waals surface area contributed by atoms with Gasteiger partial charge in [-0.25, -0.2) is 4.79 Å². The fraction of sp³-hybridized carbons (Fsp3) is 0.391.